The molecule has 1 saturated carbocycles. The molecule has 0 radical (unpaired) electrons. The third kappa shape index (κ3) is 1.82. The Morgan fingerprint density at radius 1 is 1.25 bits per heavy atom. The van der Waals surface area contributed by atoms with E-state index in [1.54, 1.807) is 24.3 Å². The number of carbonyl (C=O) groups excluding carboxylic acids is 2. The van der Waals surface area contributed by atoms with Crippen LogP contribution in [0, 0.1) is 29.1 Å². The summed E-state index contributed by atoms with van der Waals surface area (Å²) in [4.78, 5) is 26.2. The van der Waals surface area contributed by atoms with E-state index in [4.69, 9.17) is 5.26 Å². The van der Waals surface area contributed by atoms with Crippen molar-refractivity contribution in [1.82, 2.24) is 0 Å². The lowest BCUT2D eigenvalue weighted by Gasteiger charge is -2.17. The SMILES string of the molecule is CCC1CC2C(=O)N(c3cccc(C#N)c3)C(=O)C2C1. The van der Waals surface area contributed by atoms with Gasteiger partial charge >= 0.3 is 0 Å². The summed E-state index contributed by atoms with van der Waals surface area (Å²) in [5, 5.41) is 8.93. The number of nitriles is 1. The van der Waals surface area contributed by atoms with E-state index in [0.29, 0.717) is 17.2 Å². The molecule has 2 atom stereocenters. The lowest BCUT2D eigenvalue weighted by atomic mass is 10.00. The Labute approximate surface area is 118 Å². The zero-order valence-corrected chi connectivity index (χ0v) is 11.4. The lowest BCUT2D eigenvalue weighted by Crippen LogP contribution is -2.32. The van der Waals surface area contributed by atoms with Gasteiger partial charge in [0.05, 0.1) is 29.2 Å². The Morgan fingerprint density at radius 3 is 2.45 bits per heavy atom. The van der Waals surface area contributed by atoms with Crippen LogP contribution in [0.15, 0.2) is 24.3 Å². The minimum absolute atomic E-state index is 0.0916. The molecule has 1 aromatic rings. The average Bonchev–Trinajstić information content (AvgIpc) is 3.00. The highest BCUT2D eigenvalue weighted by Gasteiger charge is 2.52. The number of rotatable bonds is 2. The fourth-order valence-electron chi connectivity index (χ4n) is 3.43. The topological polar surface area (TPSA) is 61.2 Å². The smallest absolute Gasteiger partial charge is 0.237 e. The van der Waals surface area contributed by atoms with Gasteiger partial charge in [-0.05, 0) is 37.0 Å². The number of fused-ring (bicyclic) bond motifs is 1. The summed E-state index contributed by atoms with van der Waals surface area (Å²) in [5.41, 5.74) is 0.994. The summed E-state index contributed by atoms with van der Waals surface area (Å²) in [6.07, 6.45) is 2.66. The number of hydrogen-bond acceptors (Lipinski definition) is 3. The largest absolute Gasteiger partial charge is 0.274 e. The van der Waals surface area contributed by atoms with Crippen molar-refractivity contribution in [3.8, 4) is 6.07 Å². The first-order valence-electron chi connectivity index (χ1n) is 7.03. The average molecular weight is 268 g/mol. The maximum absolute atomic E-state index is 12.5. The predicted octanol–water partition coefficient (Wildman–Crippen LogP) is 2.48. The van der Waals surface area contributed by atoms with Gasteiger partial charge in [0, 0.05) is 0 Å². The van der Waals surface area contributed by atoms with Crippen molar-refractivity contribution in [2.24, 2.45) is 17.8 Å². The van der Waals surface area contributed by atoms with Gasteiger partial charge in [0.1, 0.15) is 0 Å². The molecular weight excluding hydrogens is 252 g/mol. The fraction of sp³-hybridized carbons (Fsp3) is 0.438. The summed E-state index contributed by atoms with van der Waals surface area (Å²) in [6.45, 7) is 2.11. The molecule has 1 aliphatic carbocycles. The molecule has 2 unspecified atom stereocenters. The predicted molar refractivity (Wildman–Crippen MR) is 73.6 cm³/mol. The van der Waals surface area contributed by atoms with Gasteiger partial charge in [-0.15, -0.1) is 0 Å². The van der Waals surface area contributed by atoms with Crippen molar-refractivity contribution in [2.45, 2.75) is 26.2 Å². The van der Waals surface area contributed by atoms with Gasteiger partial charge in [-0.3, -0.25) is 14.5 Å². The Balaban J connectivity index is 1.92. The Morgan fingerprint density at radius 2 is 1.90 bits per heavy atom. The molecule has 1 heterocycles. The van der Waals surface area contributed by atoms with Gasteiger partial charge in [0.2, 0.25) is 11.8 Å². The number of hydrogen-bond donors (Lipinski definition) is 0. The Kier molecular flexibility index (Phi) is 3.06. The van der Waals surface area contributed by atoms with E-state index in [2.05, 4.69) is 6.92 Å². The highest BCUT2D eigenvalue weighted by atomic mass is 16.2. The first kappa shape index (κ1) is 12.9. The standard InChI is InChI=1S/C16H16N2O2/c1-2-10-7-13-14(8-10)16(20)18(15(13)19)12-5-3-4-11(6-12)9-17/h3-6,10,13-14H,2,7-8H2,1H3. The highest BCUT2D eigenvalue weighted by Crippen LogP contribution is 2.45. The van der Waals surface area contributed by atoms with E-state index in [-0.39, 0.29) is 23.7 Å². The highest BCUT2D eigenvalue weighted by molar-refractivity contribution is 6.22. The third-order valence-electron chi connectivity index (χ3n) is 4.55. The molecule has 3 rings (SSSR count). The Hall–Kier alpha value is -2.15. The second-order valence-corrected chi connectivity index (χ2v) is 5.63. The fourth-order valence-corrected chi connectivity index (χ4v) is 3.43. The van der Waals surface area contributed by atoms with Crippen molar-refractivity contribution in [3.63, 3.8) is 0 Å². The van der Waals surface area contributed by atoms with Crippen LogP contribution in [-0.4, -0.2) is 11.8 Å². The molecule has 0 spiro atoms. The van der Waals surface area contributed by atoms with Crippen LogP contribution in [-0.2, 0) is 9.59 Å². The molecule has 1 aromatic carbocycles. The molecule has 2 fully saturated rings. The van der Waals surface area contributed by atoms with Gasteiger partial charge in [-0.1, -0.05) is 19.4 Å². The molecule has 20 heavy (non-hydrogen) atoms. The van der Waals surface area contributed by atoms with E-state index in [1.165, 1.54) is 4.90 Å². The number of nitrogens with zero attached hydrogens (tertiary/aromatic N) is 2. The van der Waals surface area contributed by atoms with Gasteiger partial charge in [-0.25, -0.2) is 0 Å². The second kappa shape index (κ2) is 4.75. The van der Waals surface area contributed by atoms with Gasteiger partial charge < -0.3 is 0 Å². The number of carbonyl (C=O) groups is 2. The summed E-state index contributed by atoms with van der Waals surface area (Å²) >= 11 is 0. The molecule has 0 aromatic heterocycles. The molecule has 102 valence electrons. The maximum Gasteiger partial charge on any atom is 0.237 e. The molecular formula is C16H16N2O2. The number of amides is 2. The normalized spacial score (nSPS) is 28.6. The van der Waals surface area contributed by atoms with Gasteiger partial charge in [-0.2, -0.15) is 5.26 Å². The van der Waals surface area contributed by atoms with Crippen LogP contribution in [0.1, 0.15) is 31.7 Å². The van der Waals surface area contributed by atoms with Crippen LogP contribution in [0.5, 0.6) is 0 Å². The van der Waals surface area contributed by atoms with Crippen LogP contribution in [0.4, 0.5) is 5.69 Å². The van der Waals surface area contributed by atoms with E-state index < -0.39 is 0 Å². The van der Waals surface area contributed by atoms with Crippen molar-refractivity contribution in [3.05, 3.63) is 29.8 Å². The number of benzene rings is 1. The minimum atomic E-state index is -0.154. The third-order valence-corrected chi connectivity index (χ3v) is 4.55. The second-order valence-electron chi connectivity index (χ2n) is 5.63. The number of imide groups is 1. The van der Waals surface area contributed by atoms with Crippen LogP contribution in [0.3, 0.4) is 0 Å². The van der Waals surface area contributed by atoms with E-state index in [0.717, 1.165) is 19.3 Å². The summed E-state index contributed by atoms with van der Waals surface area (Å²) in [5.74, 6) is -0.000967. The molecule has 0 N–H and O–H groups in total. The lowest BCUT2D eigenvalue weighted by molar-refractivity contribution is -0.123. The van der Waals surface area contributed by atoms with Crippen molar-refractivity contribution in [1.29, 1.82) is 5.26 Å². The first-order chi connectivity index (χ1) is 9.65. The van der Waals surface area contributed by atoms with Crippen LogP contribution in [0.25, 0.3) is 0 Å². The van der Waals surface area contributed by atoms with Crippen LogP contribution in [0.2, 0.25) is 0 Å². The molecule has 1 saturated heterocycles. The van der Waals surface area contributed by atoms with Gasteiger partial charge in [0.15, 0.2) is 0 Å². The minimum Gasteiger partial charge on any atom is -0.274 e. The van der Waals surface area contributed by atoms with Crippen LogP contribution >= 0.6 is 0 Å². The zero-order chi connectivity index (χ0) is 14.3. The molecule has 2 aliphatic rings. The van der Waals surface area contributed by atoms with Crippen LogP contribution < -0.4 is 4.90 Å². The summed E-state index contributed by atoms with van der Waals surface area (Å²) in [7, 11) is 0. The summed E-state index contributed by atoms with van der Waals surface area (Å²) in [6, 6.07) is 8.74. The first-order valence-corrected chi connectivity index (χ1v) is 7.03. The molecule has 4 nitrogen and oxygen atoms in total. The van der Waals surface area contributed by atoms with Crippen molar-refractivity contribution < 1.29 is 9.59 Å². The molecule has 4 heteroatoms. The molecule has 2 amide bonds. The monoisotopic (exact) mass is 268 g/mol. The molecule has 0 bridgehead atoms. The van der Waals surface area contributed by atoms with Gasteiger partial charge in [0.25, 0.3) is 0 Å². The maximum atomic E-state index is 12.5. The quantitative estimate of drug-likeness (QED) is 0.774. The van der Waals surface area contributed by atoms with Crippen molar-refractivity contribution >= 4 is 17.5 Å². The van der Waals surface area contributed by atoms with E-state index in [1.807, 2.05) is 6.07 Å². The zero-order valence-electron chi connectivity index (χ0n) is 11.4. The van der Waals surface area contributed by atoms with Crippen molar-refractivity contribution in [2.75, 3.05) is 4.90 Å². The number of anilines is 1. The van der Waals surface area contributed by atoms with E-state index in [9.17, 15) is 9.59 Å². The molecule has 1 aliphatic heterocycles. The Bertz CT molecular complexity index is 593. The van der Waals surface area contributed by atoms with E-state index >= 15 is 0 Å². The summed E-state index contributed by atoms with van der Waals surface area (Å²) < 4.78 is 0.